The van der Waals surface area contributed by atoms with Crippen LogP contribution in [0.3, 0.4) is 0 Å². The first-order valence-electron chi connectivity index (χ1n) is 24.1. The number of nitrogens with one attached hydrogen (secondary N) is 6. The van der Waals surface area contributed by atoms with Gasteiger partial charge in [0.1, 0.15) is 48.3 Å². The number of nitrogens with two attached hydrogens (primary N) is 6. The SMILES string of the molecule is NCCCCC1NC(=O)CC(C(=O)NC(CCCN=C(N)N)C(=O)O)NC(=O)C2CCCN2C(=O)C(CCCCN)NC(=O)CCC(C(=O)NC(CCCN=C(N)N)C(=O)O)NC(=O)C2CCCN2C1=O. The van der Waals surface area contributed by atoms with Crippen LogP contribution in [-0.4, -0.2) is 179 Å². The molecule has 28 heteroatoms. The molecule has 0 saturated carbocycles. The van der Waals surface area contributed by atoms with Crippen LogP contribution in [0.15, 0.2) is 9.98 Å². The van der Waals surface area contributed by atoms with Crippen molar-refractivity contribution in [3.63, 3.8) is 0 Å². The molecule has 0 aromatic carbocycles. The third-order valence-corrected chi connectivity index (χ3v) is 12.3. The average molecular weight is 1010 g/mol. The zero-order valence-electron chi connectivity index (χ0n) is 40.1. The maximum absolute atomic E-state index is 14.4. The second-order valence-corrected chi connectivity index (χ2v) is 17.8. The summed E-state index contributed by atoms with van der Waals surface area (Å²) in [4.78, 5) is 147. The van der Waals surface area contributed by atoms with Gasteiger partial charge in [-0.3, -0.25) is 48.3 Å². The summed E-state index contributed by atoms with van der Waals surface area (Å²) in [6, 6.07) is -11.2. The van der Waals surface area contributed by atoms with E-state index < -0.39 is 120 Å². The van der Waals surface area contributed by atoms with Gasteiger partial charge in [-0.2, -0.15) is 0 Å². The number of aliphatic carboxylic acids is 2. The van der Waals surface area contributed by atoms with Crippen molar-refractivity contribution in [2.45, 2.75) is 157 Å². The van der Waals surface area contributed by atoms with Crippen molar-refractivity contribution in [3.8, 4) is 0 Å². The van der Waals surface area contributed by atoms with Gasteiger partial charge in [0.2, 0.25) is 47.3 Å². The molecule has 28 nitrogen and oxygen atoms in total. The minimum atomic E-state index is -1.74. The summed E-state index contributed by atoms with van der Waals surface area (Å²) in [6.45, 7) is 0.709. The molecule has 0 radical (unpaired) electrons. The van der Waals surface area contributed by atoms with Gasteiger partial charge in [0.05, 0.1) is 6.42 Å². The Morgan fingerprint density at radius 2 is 1.01 bits per heavy atom. The number of aliphatic imine (C=N–C) groups is 2. The van der Waals surface area contributed by atoms with Crippen LogP contribution in [0.1, 0.15) is 109 Å². The van der Waals surface area contributed by atoms with Gasteiger partial charge in [-0.1, -0.05) is 0 Å². The predicted octanol–water partition coefficient (Wildman–Crippen LogP) is -5.40. The Bertz CT molecular complexity index is 1950. The molecule has 3 saturated heterocycles. The number of carbonyl (C=O) groups excluding carboxylic acids is 8. The minimum Gasteiger partial charge on any atom is -0.480 e. The highest BCUT2D eigenvalue weighted by Crippen LogP contribution is 2.23. The number of hydrogen-bond acceptors (Lipinski definition) is 14. The fraction of sp³-hybridized carbons (Fsp3) is 0.721. The van der Waals surface area contributed by atoms with Crippen LogP contribution in [0, 0.1) is 0 Å². The standard InChI is InChI=1S/C43H74N16O12/c44-17-3-1-9-25-38(66)59-22-8-14-31(59)37(65)57-29(35(63)56-28(41(70)71)12-6-20-51-43(48)49)23-33(61)53-26(10-2-4-18-45)39(67)58-21-7-13-30(58)36(64)54-24(15-16-32(60)52-25)34(62)55-27(40(68)69)11-5-19-50-42(46)47/h24-31H,1-23,44-45H2,(H,52,60)(H,53,61)(H,54,64)(H,55,62)(H,56,63)(H,57,65)(H,68,69)(H,70,71)(H4,46,47,50)(H4,48,49,51). The number of fused-ring (bicyclic) bond motifs is 2. The van der Waals surface area contributed by atoms with Gasteiger partial charge in [0, 0.05) is 32.6 Å². The van der Waals surface area contributed by atoms with Gasteiger partial charge in [0.25, 0.3) is 0 Å². The average Bonchev–Trinajstić information content (AvgIpc) is 4.02. The van der Waals surface area contributed by atoms with Crippen molar-refractivity contribution < 1.29 is 58.2 Å². The van der Waals surface area contributed by atoms with Crippen molar-refractivity contribution in [2.24, 2.45) is 44.4 Å². The van der Waals surface area contributed by atoms with E-state index in [2.05, 4.69) is 41.9 Å². The van der Waals surface area contributed by atoms with Crippen LogP contribution in [0.5, 0.6) is 0 Å². The number of hydrogen-bond donors (Lipinski definition) is 14. The molecule has 20 N–H and O–H groups in total. The molecule has 8 unspecified atom stereocenters. The molecule has 0 aromatic heterocycles. The molecule has 0 aliphatic carbocycles. The van der Waals surface area contributed by atoms with E-state index in [9.17, 15) is 58.2 Å². The summed E-state index contributed by atoms with van der Waals surface area (Å²) in [6.07, 6.45) is 0.959. The van der Waals surface area contributed by atoms with Crippen LogP contribution in [-0.2, 0) is 47.9 Å². The minimum absolute atomic E-state index is 0.0260. The largest absolute Gasteiger partial charge is 0.480 e. The fourth-order valence-corrected chi connectivity index (χ4v) is 8.57. The van der Waals surface area contributed by atoms with Gasteiger partial charge in [-0.05, 0) is 109 Å². The molecule has 0 spiro atoms. The highest BCUT2D eigenvalue weighted by molar-refractivity contribution is 5.99. The lowest BCUT2D eigenvalue weighted by Crippen LogP contribution is -2.58. The van der Waals surface area contributed by atoms with E-state index in [1.54, 1.807) is 0 Å². The quantitative estimate of drug-likeness (QED) is 0.0273. The summed E-state index contributed by atoms with van der Waals surface area (Å²) >= 11 is 0. The Kier molecular flexibility index (Phi) is 24.7. The summed E-state index contributed by atoms with van der Waals surface area (Å²) in [5.41, 5.74) is 33.0. The van der Waals surface area contributed by atoms with Crippen LogP contribution < -0.4 is 66.3 Å². The van der Waals surface area contributed by atoms with Crippen LogP contribution in [0.2, 0.25) is 0 Å². The summed E-state index contributed by atoms with van der Waals surface area (Å²) in [5.74, 6) is -9.94. The van der Waals surface area contributed by atoms with Crippen LogP contribution in [0.4, 0.5) is 0 Å². The first kappa shape index (κ1) is 58.5. The lowest BCUT2D eigenvalue weighted by Gasteiger charge is -2.30. The number of carboxylic acids is 2. The highest BCUT2D eigenvalue weighted by atomic mass is 16.4. The highest BCUT2D eigenvalue weighted by Gasteiger charge is 2.42. The van der Waals surface area contributed by atoms with E-state index in [4.69, 9.17) is 34.4 Å². The third-order valence-electron chi connectivity index (χ3n) is 12.3. The van der Waals surface area contributed by atoms with Gasteiger partial charge < -0.3 is 86.3 Å². The Balaban J connectivity index is 2.09. The second-order valence-electron chi connectivity index (χ2n) is 17.8. The van der Waals surface area contributed by atoms with E-state index >= 15 is 0 Å². The maximum Gasteiger partial charge on any atom is 0.326 e. The van der Waals surface area contributed by atoms with Gasteiger partial charge >= 0.3 is 11.9 Å². The summed E-state index contributed by atoms with van der Waals surface area (Å²) in [5, 5.41) is 35.2. The monoisotopic (exact) mass is 1010 g/mol. The van der Waals surface area contributed by atoms with Crippen molar-refractivity contribution >= 4 is 71.1 Å². The molecular weight excluding hydrogens is 933 g/mol. The Hall–Kier alpha value is -6.84. The number of carbonyl (C=O) groups is 10. The smallest absolute Gasteiger partial charge is 0.326 e. The van der Waals surface area contributed by atoms with Crippen molar-refractivity contribution in [1.82, 2.24) is 41.7 Å². The second kappa shape index (κ2) is 30.0. The molecule has 3 heterocycles. The number of unbranched alkanes of at least 4 members (excludes halogenated alkanes) is 2. The van der Waals surface area contributed by atoms with E-state index in [1.807, 2.05) is 0 Å². The molecule has 398 valence electrons. The summed E-state index contributed by atoms with van der Waals surface area (Å²) < 4.78 is 0. The molecule has 0 aromatic rings. The lowest BCUT2D eigenvalue weighted by molar-refractivity contribution is -0.144. The van der Waals surface area contributed by atoms with Gasteiger partial charge in [0.15, 0.2) is 11.9 Å². The topological polar surface area (TPSA) is 471 Å². The van der Waals surface area contributed by atoms with Crippen LogP contribution >= 0.6 is 0 Å². The van der Waals surface area contributed by atoms with Crippen molar-refractivity contribution in [1.29, 1.82) is 0 Å². The normalized spacial score (nSPS) is 23.5. The van der Waals surface area contributed by atoms with E-state index in [0.717, 1.165) is 0 Å². The van der Waals surface area contributed by atoms with Crippen molar-refractivity contribution in [2.75, 3.05) is 39.3 Å². The number of guanidine groups is 2. The Morgan fingerprint density at radius 3 is 1.44 bits per heavy atom. The lowest BCUT2D eigenvalue weighted by atomic mass is 10.0. The zero-order chi connectivity index (χ0) is 52.6. The molecule has 3 aliphatic heterocycles. The van der Waals surface area contributed by atoms with Crippen LogP contribution in [0.25, 0.3) is 0 Å². The molecule has 8 atom stereocenters. The molecule has 0 bridgehead atoms. The fourth-order valence-electron chi connectivity index (χ4n) is 8.57. The Morgan fingerprint density at radius 1 is 0.592 bits per heavy atom. The van der Waals surface area contributed by atoms with E-state index in [1.165, 1.54) is 9.80 Å². The number of carboxylic acid groups (broad SMARTS) is 2. The van der Waals surface area contributed by atoms with E-state index in [-0.39, 0.29) is 109 Å². The Labute approximate surface area is 411 Å². The number of nitrogens with zero attached hydrogens (tertiary/aromatic N) is 4. The molecule has 3 rings (SSSR count). The van der Waals surface area contributed by atoms with Gasteiger partial charge in [-0.15, -0.1) is 0 Å². The number of rotatable bonds is 22. The number of amides is 8. The molecule has 8 amide bonds. The predicted molar refractivity (Wildman–Crippen MR) is 256 cm³/mol. The van der Waals surface area contributed by atoms with Crippen molar-refractivity contribution in [3.05, 3.63) is 0 Å². The van der Waals surface area contributed by atoms with E-state index in [0.29, 0.717) is 38.5 Å². The zero-order valence-corrected chi connectivity index (χ0v) is 40.1. The molecule has 3 fully saturated rings. The first-order chi connectivity index (χ1) is 33.8. The molecule has 71 heavy (non-hydrogen) atoms. The van der Waals surface area contributed by atoms with Gasteiger partial charge in [-0.25, -0.2) is 9.59 Å². The first-order valence-corrected chi connectivity index (χ1v) is 24.1. The third kappa shape index (κ3) is 19.5. The summed E-state index contributed by atoms with van der Waals surface area (Å²) in [7, 11) is 0. The molecule has 3 aliphatic rings. The molecular formula is C43H74N16O12. The maximum atomic E-state index is 14.4.